The molecule has 0 radical (unpaired) electrons. The highest BCUT2D eigenvalue weighted by Crippen LogP contribution is 2.18. The van der Waals surface area contributed by atoms with Crippen LogP contribution in [0.3, 0.4) is 0 Å². The summed E-state index contributed by atoms with van der Waals surface area (Å²) in [5.74, 6) is -0.649. The van der Waals surface area contributed by atoms with Crippen molar-refractivity contribution in [3.63, 3.8) is 0 Å². The number of pyridine rings is 1. The number of anilines is 2. The summed E-state index contributed by atoms with van der Waals surface area (Å²) in [6, 6.07) is 10.7. The molecule has 2 N–H and O–H groups in total. The molecule has 1 aromatic carbocycles. The van der Waals surface area contributed by atoms with Gasteiger partial charge in [-0.1, -0.05) is 12.1 Å². The van der Waals surface area contributed by atoms with Crippen molar-refractivity contribution in [1.29, 1.82) is 5.26 Å². The molecule has 2 rings (SSSR count). The highest BCUT2D eigenvalue weighted by molar-refractivity contribution is 6.03. The highest BCUT2D eigenvalue weighted by Gasteiger charge is 2.13. The van der Waals surface area contributed by atoms with Gasteiger partial charge >= 0.3 is 0 Å². The minimum Gasteiger partial charge on any atom is -0.373 e. The summed E-state index contributed by atoms with van der Waals surface area (Å²) in [7, 11) is 1.68. The molecule has 100 valence electrons. The number of aromatic nitrogens is 1. The van der Waals surface area contributed by atoms with E-state index in [4.69, 9.17) is 5.26 Å². The van der Waals surface area contributed by atoms with Crippen LogP contribution in [-0.2, 0) is 0 Å². The van der Waals surface area contributed by atoms with Crippen molar-refractivity contribution in [3.05, 3.63) is 53.5 Å². The fourth-order valence-corrected chi connectivity index (χ4v) is 1.63. The summed E-state index contributed by atoms with van der Waals surface area (Å²) in [5, 5.41) is 14.2. The molecule has 0 saturated carbocycles. The molecule has 20 heavy (non-hydrogen) atoms. The zero-order valence-corrected chi connectivity index (χ0v) is 10.6. The van der Waals surface area contributed by atoms with E-state index in [2.05, 4.69) is 15.6 Å². The fraction of sp³-hybridized carbons (Fsp3) is 0.0714. The van der Waals surface area contributed by atoms with Gasteiger partial charge in [0, 0.05) is 7.05 Å². The Morgan fingerprint density at radius 1 is 1.30 bits per heavy atom. The van der Waals surface area contributed by atoms with E-state index in [0.717, 1.165) is 6.07 Å². The molecule has 0 fully saturated rings. The topological polar surface area (TPSA) is 77.8 Å². The van der Waals surface area contributed by atoms with Gasteiger partial charge in [-0.15, -0.1) is 0 Å². The van der Waals surface area contributed by atoms with E-state index >= 15 is 0 Å². The third-order valence-corrected chi connectivity index (χ3v) is 2.61. The van der Waals surface area contributed by atoms with Crippen LogP contribution in [0.4, 0.5) is 15.9 Å². The maximum Gasteiger partial charge on any atom is 0.274 e. The van der Waals surface area contributed by atoms with Gasteiger partial charge in [0.1, 0.15) is 29.0 Å². The molecular formula is C14H11FN4O. The number of benzene rings is 1. The van der Waals surface area contributed by atoms with Gasteiger partial charge in [-0.2, -0.15) is 5.26 Å². The summed E-state index contributed by atoms with van der Waals surface area (Å²) < 4.78 is 13.4. The molecule has 1 heterocycles. The maximum atomic E-state index is 13.4. The Kier molecular flexibility index (Phi) is 3.91. The van der Waals surface area contributed by atoms with E-state index in [1.54, 1.807) is 25.2 Å². The number of halogens is 1. The number of nitrogens with zero attached hydrogens (tertiary/aromatic N) is 2. The van der Waals surface area contributed by atoms with Crippen molar-refractivity contribution in [3.8, 4) is 6.07 Å². The Bertz CT molecular complexity index is 694. The lowest BCUT2D eigenvalue weighted by atomic mass is 10.2. The van der Waals surface area contributed by atoms with Crippen molar-refractivity contribution in [2.45, 2.75) is 0 Å². The molecule has 0 spiro atoms. The molecule has 0 bridgehead atoms. The maximum absolute atomic E-state index is 13.4. The molecule has 0 unspecified atom stereocenters. The van der Waals surface area contributed by atoms with Gasteiger partial charge in [0.25, 0.3) is 5.91 Å². The van der Waals surface area contributed by atoms with Crippen LogP contribution in [0.25, 0.3) is 0 Å². The Morgan fingerprint density at radius 2 is 2.05 bits per heavy atom. The lowest BCUT2D eigenvalue weighted by molar-refractivity contribution is 0.102. The van der Waals surface area contributed by atoms with Crippen LogP contribution in [0.5, 0.6) is 0 Å². The monoisotopic (exact) mass is 270 g/mol. The van der Waals surface area contributed by atoms with Gasteiger partial charge in [0.2, 0.25) is 0 Å². The van der Waals surface area contributed by atoms with E-state index in [-0.39, 0.29) is 16.9 Å². The second kappa shape index (κ2) is 5.80. The molecule has 0 aliphatic rings. The van der Waals surface area contributed by atoms with E-state index in [0.29, 0.717) is 5.82 Å². The van der Waals surface area contributed by atoms with Crippen LogP contribution >= 0.6 is 0 Å². The number of nitrogens with one attached hydrogen (secondary N) is 2. The predicted octanol–water partition coefficient (Wildman–Crippen LogP) is 2.39. The third-order valence-electron chi connectivity index (χ3n) is 2.61. The van der Waals surface area contributed by atoms with E-state index in [1.165, 1.54) is 18.2 Å². The first-order valence-corrected chi connectivity index (χ1v) is 5.80. The molecule has 0 saturated heterocycles. The van der Waals surface area contributed by atoms with Gasteiger partial charge in [0.05, 0.1) is 5.69 Å². The quantitative estimate of drug-likeness (QED) is 0.897. The molecule has 0 atom stereocenters. The smallest absolute Gasteiger partial charge is 0.274 e. The minimum absolute atomic E-state index is 0.120. The van der Waals surface area contributed by atoms with Crippen molar-refractivity contribution < 1.29 is 9.18 Å². The van der Waals surface area contributed by atoms with Crippen LogP contribution in [-0.4, -0.2) is 17.9 Å². The number of carbonyl (C=O) groups excluding carboxylic acids is 1. The average Bonchev–Trinajstić information content (AvgIpc) is 2.47. The molecule has 1 aromatic heterocycles. The zero-order valence-electron chi connectivity index (χ0n) is 10.6. The first-order valence-electron chi connectivity index (χ1n) is 5.80. The Labute approximate surface area is 115 Å². The van der Waals surface area contributed by atoms with Gasteiger partial charge in [-0.25, -0.2) is 9.37 Å². The van der Waals surface area contributed by atoms with Gasteiger partial charge in [0.15, 0.2) is 0 Å². The standard InChI is InChI=1S/C14H11FN4O/c1-17-13-7-3-6-12(18-13)14(20)19-11-5-2-4-10(15)9(11)8-16/h2-7H,1H3,(H,17,18)(H,19,20). The number of rotatable bonds is 3. The summed E-state index contributed by atoms with van der Waals surface area (Å²) in [5.41, 5.74) is 0.0878. The van der Waals surface area contributed by atoms with Crippen molar-refractivity contribution in [2.24, 2.45) is 0 Å². The number of carbonyl (C=O) groups is 1. The van der Waals surface area contributed by atoms with Crippen LogP contribution in [0, 0.1) is 17.1 Å². The zero-order chi connectivity index (χ0) is 14.5. The number of amides is 1. The van der Waals surface area contributed by atoms with Crippen LogP contribution in [0.2, 0.25) is 0 Å². The molecule has 1 amide bonds. The second-order valence-electron chi connectivity index (χ2n) is 3.89. The average molecular weight is 270 g/mol. The first-order chi connectivity index (χ1) is 9.65. The number of nitriles is 1. The van der Waals surface area contributed by atoms with Crippen molar-refractivity contribution in [1.82, 2.24) is 4.98 Å². The highest BCUT2D eigenvalue weighted by atomic mass is 19.1. The Morgan fingerprint density at radius 3 is 2.75 bits per heavy atom. The lowest BCUT2D eigenvalue weighted by Gasteiger charge is -2.08. The minimum atomic E-state index is -0.678. The first kappa shape index (κ1) is 13.5. The molecule has 5 nitrogen and oxygen atoms in total. The van der Waals surface area contributed by atoms with E-state index in [9.17, 15) is 9.18 Å². The van der Waals surface area contributed by atoms with Gasteiger partial charge in [-0.05, 0) is 24.3 Å². The molecule has 2 aromatic rings. The largest absolute Gasteiger partial charge is 0.373 e. The summed E-state index contributed by atoms with van der Waals surface area (Å²) in [4.78, 5) is 16.1. The van der Waals surface area contributed by atoms with Gasteiger partial charge < -0.3 is 10.6 Å². The summed E-state index contributed by atoms with van der Waals surface area (Å²) in [6.07, 6.45) is 0. The van der Waals surface area contributed by atoms with Crippen LogP contribution in [0.1, 0.15) is 16.1 Å². The normalized spacial score (nSPS) is 9.65. The third kappa shape index (κ3) is 2.72. The molecule has 0 aliphatic heterocycles. The van der Waals surface area contributed by atoms with Crippen LogP contribution < -0.4 is 10.6 Å². The molecular weight excluding hydrogens is 259 g/mol. The lowest BCUT2D eigenvalue weighted by Crippen LogP contribution is -2.15. The number of hydrogen-bond donors (Lipinski definition) is 2. The Hall–Kier alpha value is -2.94. The van der Waals surface area contributed by atoms with Crippen molar-refractivity contribution in [2.75, 3.05) is 17.7 Å². The number of hydrogen-bond acceptors (Lipinski definition) is 4. The summed E-state index contributed by atoms with van der Waals surface area (Å²) in [6.45, 7) is 0. The van der Waals surface area contributed by atoms with E-state index in [1.807, 2.05) is 0 Å². The van der Waals surface area contributed by atoms with Gasteiger partial charge in [-0.3, -0.25) is 4.79 Å². The second-order valence-corrected chi connectivity index (χ2v) is 3.89. The molecule has 0 aliphatic carbocycles. The SMILES string of the molecule is CNc1cccc(C(=O)Nc2cccc(F)c2C#N)n1. The molecule has 6 heteroatoms. The van der Waals surface area contributed by atoms with Crippen LogP contribution in [0.15, 0.2) is 36.4 Å². The summed E-state index contributed by atoms with van der Waals surface area (Å²) >= 11 is 0. The van der Waals surface area contributed by atoms with E-state index < -0.39 is 11.7 Å². The fourth-order valence-electron chi connectivity index (χ4n) is 1.63. The Balaban J connectivity index is 2.28. The predicted molar refractivity (Wildman–Crippen MR) is 72.9 cm³/mol. The van der Waals surface area contributed by atoms with Crippen molar-refractivity contribution >= 4 is 17.4 Å².